The van der Waals surface area contributed by atoms with Crippen LogP contribution in [-0.2, 0) is 11.2 Å². The van der Waals surface area contributed by atoms with Crippen LogP contribution >= 0.6 is 0 Å². The second kappa shape index (κ2) is 7.82. The Morgan fingerprint density at radius 3 is 2.63 bits per heavy atom. The van der Waals surface area contributed by atoms with Gasteiger partial charge in [-0.15, -0.1) is 0 Å². The Kier molecular flexibility index (Phi) is 5.20. The van der Waals surface area contributed by atoms with Crippen LogP contribution in [0.25, 0.3) is 22.2 Å². The molecule has 0 N–H and O–H groups in total. The lowest BCUT2D eigenvalue weighted by Crippen LogP contribution is -2.56. The van der Waals surface area contributed by atoms with E-state index >= 15 is 0 Å². The van der Waals surface area contributed by atoms with E-state index in [0.717, 1.165) is 34.3 Å². The number of pyridine rings is 1. The largest absolute Gasteiger partial charge is 0.342 e. The van der Waals surface area contributed by atoms with Gasteiger partial charge in [0.25, 0.3) is 5.91 Å². The van der Waals surface area contributed by atoms with Crippen LogP contribution in [-0.4, -0.2) is 62.7 Å². The first-order chi connectivity index (χ1) is 14.4. The number of aromatic nitrogens is 3. The second-order valence-electron chi connectivity index (χ2n) is 7.70. The molecule has 3 heterocycles. The van der Waals surface area contributed by atoms with Crippen molar-refractivity contribution in [3.8, 4) is 11.3 Å². The quantitative estimate of drug-likeness (QED) is 0.672. The zero-order valence-electron chi connectivity index (χ0n) is 17.7. The highest BCUT2D eigenvalue weighted by Crippen LogP contribution is 2.28. The summed E-state index contributed by atoms with van der Waals surface area (Å²) in [5, 5.41) is 0.786. The average Bonchev–Trinajstić information content (AvgIpc) is 2.77. The fourth-order valence-corrected chi connectivity index (χ4v) is 3.83. The summed E-state index contributed by atoms with van der Waals surface area (Å²) in [6, 6.07) is 7.11. The van der Waals surface area contributed by atoms with Crippen molar-refractivity contribution < 1.29 is 9.59 Å². The lowest BCUT2D eigenvalue weighted by Gasteiger charge is -2.37. The third-order valence-corrected chi connectivity index (χ3v) is 5.73. The van der Waals surface area contributed by atoms with Crippen molar-refractivity contribution in [2.45, 2.75) is 33.2 Å². The van der Waals surface area contributed by atoms with Crippen LogP contribution in [0.1, 0.15) is 35.6 Å². The number of hydrogen-bond donors (Lipinski definition) is 0. The van der Waals surface area contributed by atoms with Gasteiger partial charge in [0.05, 0.1) is 16.8 Å². The Morgan fingerprint density at radius 2 is 1.93 bits per heavy atom. The molecule has 0 radical (unpaired) electrons. The number of aryl methyl sites for hydroxylation is 2. The first kappa shape index (κ1) is 19.9. The molecule has 7 heteroatoms. The number of piperazine rings is 1. The van der Waals surface area contributed by atoms with Crippen LogP contribution in [0.4, 0.5) is 0 Å². The molecule has 0 unspecified atom stereocenters. The van der Waals surface area contributed by atoms with Gasteiger partial charge in [0, 0.05) is 49.9 Å². The number of benzene rings is 1. The van der Waals surface area contributed by atoms with E-state index in [4.69, 9.17) is 4.98 Å². The SMILES string of the molecule is CCc1ncc(-c2cc(C(=O)N3CCN(C)C(=O)[C@H]3C)c3cccc(C)c3n2)cn1. The molecular formula is C23H25N5O2. The molecule has 1 saturated heterocycles. The molecular weight excluding hydrogens is 378 g/mol. The number of amides is 2. The van der Waals surface area contributed by atoms with Gasteiger partial charge in [0.15, 0.2) is 0 Å². The smallest absolute Gasteiger partial charge is 0.255 e. The number of likely N-dealkylation sites (N-methyl/N-ethyl adjacent to an activating group) is 1. The highest BCUT2D eigenvalue weighted by Gasteiger charge is 2.33. The van der Waals surface area contributed by atoms with Crippen molar-refractivity contribution >= 4 is 22.7 Å². The van der Waals surface area contributed by atoms with Crippen LogP contribution in [0.3, 0.4) is 0 Å². The molecule has 1 fully saturated rings. The molecule has 0 aliphatic carbocycles. The number of carbonyl (C=O) groups is 2. The third kappa shape index (κ3) is 3.40. The first-order valence-electron chi connectivity index (χ1n) is 10.2. The summed E-state index contributed by atoms with van der Waals surface area (Å²) < 4.78 is 0. The summed E-state index contributed by atoms with van der Waals surface area (Å²) in [5.74, 6) is 0.555. The maximum absolute atomic E-state index is 13.6. The maximum atomic E-state index is 13.6. The second-order valence-corrected chi connectivity index (χ2v) is 7.70. The van der Waals surface area contributed by atoms with Gasteiger partial charge in [-0.2, -0.15) is 0 Å². The van der Waals surface area contributed by atoms with E-state index in [2.05, 4.69) is 9.97 Å². The molecule has 7 nitrogen and oxygen atoms in total. The number of nitrogens with zero attached hydrogens (tertiary/aromatic N) is 5. The van der Waals surface area contributed by atoms with Gasteiger partial charge in [0.1, 0.15) is 11.9 Å². The summed E-state index contributed by atoms with van der Waals surface area (Å²) in [6.45, 7) is 6.79. The minimum absolute atomic E-state index is 0.0482. The topological polar surface area (TPSA) is 79.3 Å². The number of carbonyl (C=O) groups excluding carboxylic acids is 2. The molecule has 2 amide bonds. The minimum atomic E-state index is -0.500. The van der Waals surface area contributed by atoms with Crippen molar-refractivity contribution in [2.75, 3.05) is 20.1 Å². The van der Waals surface area contributed by atoms with Crippen LogP contribution in [0.2, 0.25) is 0 Å². The van der Waals surface area contributed by atoms with Crippen LogP contribution in [0.5, 0.6) is 0 Å². The zero-order chi connectivity index (χ0) is 21.4. The average molecular weight is 403 g/mol. The van der Waals surface area contributed by atoms with Gasteiger partial charge >= 0.3 is 0 Å². The molecule has 30 heavy (non-hydrogen) atoms. The van der Waals surface area contributed by atoms with E-state index < -0.39 is 6.04 Å². The molecule has 0 saturated carbocycles. The molecule has 4 rings (SSSR count). The van der Waals surface area contributed by atoms with Crippen LogP contribution in [0, 0.1) is 6.92 Å². The Labute approximate surface area is 175 Å². The molecule has 3 aromatic rings. The van der Waals surface area contributed by atoms with Gasteiger partial charge in [-0.1, -0.05) is 25.1 Å². The van der Waals surface area contributed by atoms with E-state index in [1.807, 2.05) is 32.0 Å². The minimum Gasteiger partial charge on any atom is -0.342 e. The predicted octanol–water partition coefficient (Wildman–Crippen LogP) is 2.87. The van der Waals surface area contributed by atoms with Crippen molar-refractivity contribution in [1.29, 1.82) is 0 Å². The molecule has 1 aromatic carbocycles. The summed E-state index contributed by atoms with van der Waals surface area (Å²) in [4.78, 5) is 42.9. The fourth-order valence-electron chi connectivity index (χ4n) is 3.83. The lowest BCUT2D eigenvalue weighted by molar-refractivity contribution is -0.137. The van der Waals surface area contributed by atoms with Gasteiger partial charge in [0.2, 0.25) is 5.91 Å². The van der Waals surface area contributed by atoms with Crippen LogP contribution in [0.15, 0.2) is 36.7 Å². The number of para-hydroxylation sites is 1. The van der Waals surface area contributed by atoms with E-state index in [1.54, 1.807) is 42.2 Å². The van der Waals surface area contributed by atoms with Crippen molar-refractivity contribution in [2.24, 2.45) is 0 Å². The molecule has 0 spiro atoms. The summed E-state index contributed by atoms with van der Waals surface area (Å²) in [6.07, 6.45) is 4.24. The third-order valence-electron chi connectivity index (χ3n) is 5.73. The Balaban J connectivity index is 1.84. The number of rotatable bonds is 3. The van der Waals surface area contributed by atoms with Crippen molar-refractivity contribution in [1.82, 2.24) is 24.8 Å². The monoisotopic (exact) mass is 403 g/mol. The summed E-state index contributed by atoms with van der Waals surface area (Å²) >= 11 is 0. The molecule has 1 atom stereocenters. The van der Waals surface area contributed by atoms with Gasteiger partial charge < -0.3 is 9.80 Å². The first-order valence-corrected chi connectivity index (χ1v) is 10.2. The zero-order valence-corrected chi connectivity index (χ0v) is 17.7. The Hall–Kier alpha value is -3.35. The van der Waals surface area contributed by atoms with Crippen LogP contribution < -0.4 is 0 Å². The van der Waals surface area contributed by atoms with E-state index in [9.17, 15) is 9.59 Å². The Bertz CT molecular complexity index is 1130. The predicted molar refractivity (Wildman–Crippen MR) is 115 cm³/mol. The normalized spacial score (nSPS) is 16.9. The van der Waals surface area contributed by atoms with Gasteiger partial charge in [-0.25, -0.2) is 15.0 Å². The highest BCUT2D eigenvalue weighted by molar-refractivity contribution is 6.09. The van der Waals surface area contributed by atoms with Crippen molar-refractivity contribution in [3.05, 3.63) is 53.6 Å². The van der Waals surface area contributed by atoms with Crippen molar-refractivity contribution in [3.63, 3.8) is 0 Å². The maximum Gasteiger partial charge on any atom is 0.255 e. The van der Waals surface area contributed by atoms with Gasteiger partial charge in [-0.05, 0) is 25.5 Å². The van der Waals surface area contributed by atoms with E-state index in [1.165, 1.54) is 0 Å². The van der Waals surface area contributed by atoms with E-state index in [0.29, 0.717) is 24.3 Å². The molecule has 2 aromatic heterocycles. The summed E-state index contributed by atoms with van der Waals surface area (Å²) in [7, 11) is 1.77. The standard InChI is InChI=1S/C23H25N5O2/c1-5-20-24-12-16(13-25-20)19-11-18(17-8-6-7-14(2)21(17)26-19)23(30)28-10-9-27(4)22(29)15(28)3/h6-8,11-13,15H,5,9-10H2,1-4H3/t15-/m1/s1. The number of fused-ring (bicyclic) bond motifs is 1. The number of hydrogen-bond acceptors (Lipinski definition) is 5. The highest BCUT2D eigenvalue weighted by atomic mass is 16.2. The molecule has 1 aliphatic heterocycles. The molecule has 154 valence electrons. The van der Waals surface area contributed by atoms with E-state index in [-0.39, 0.29) is 11.8 Å². The van der Waals surface area contributed by atoms with Gasteiger partial charge in [-0.3, -0.25) is 9.59 Å². The molecule has 0 bridgehead atoms. The lowest BCUT2D eigenvalue weighted by atomic mass is 10.0. The fraction of sp³-hybridized carbons (Fsp3) is 0.348. The Morgan fingerprint density at radius 1 is 1.20 bits per heavy atom. The summed E-state index contributed by atoms with van der Waals surface area (Å²) in [5.41, 5.74) is 3.70. The molecule has 1 aliphatic rings.